The molecule has 1 amide bonds. The van der Waals surface area contributed by atoms with Gasteiger partial charge in [0.2, 0.25) is 5.17 Å². The van der Waals surface area contributed by atoms with Gasteiger partial charge in [-0.05, 0) is 48.2 Å². The summed E-state index contributed by atoms with van der Waals surface area (Å²) in [4.78, 5) is 16.8. The van der Waals surface area contributed by atoms with Gasteiger partial charge in [-0.2, -0.15) is 23.5 Å². The van der Waals surface area contributed by atoms with Gasteiger partial charge in [0.05, 0.1) is 5.57 Å². The summed E-state index contributed by atoms with van der Waals surface area (Å²) >= 11 is 1.15. The molecule has 2 aliphatic heterocycles. The van der Waals surface area contributed by atoms with Crippen molar-refractivity contribution >= 4 is 49.9 Å². The molecule has 3 aromatic carbocycles. The average Bonchev–Trinajstić information content (AvgIpc) is 3.30. The zero-order valence-corrected chi connectivity index (χ0v) is 20.2. The second-order valence-corrected chi connectivity index (χ2v) is 10.1. The minimum absolute atomic E-state index is 0.00290. The summed E-state index contributed by atoms with van der Waals surface area (Å²) in [5.74, 6) is -0.144. The molecule has 0 aliphatic carbocycles. The van der Waals surface area contributed by atoms with Crippen LogP contribution in [-0.4, -0.2) is 42.0 Å². The minimum atomic E-state index is -4.10. The first kappa shape index (κ1) is 23.5. The Balaban J connectivity index is 1.39. The summed E-state index contributed by atoms with van der Waals surface area (Å²) in [6, 6.07) is 23.3. The van der Waals surface area contributed by atoms with E-state index in [2.05, 4.69) is 10.1 Å². The van der Waals surface area contributed by atoms with Crippen LogP contribution in [0.5, 0.6) is 11.5 Å². The van der Waals surface area contributed by atoms with Crippen molar-refractivity contribution in [1.82, 2.24) is 5.01 Å². The number of carbonyl (C=O) groups excluding carboxylic acids is 1. The van der Waals surface area contributed by atoms with Crippen LogP contribution in [-0.2, 0) is 14.9 Å². The number of amidine groups is 2. The van der Waals surface area contributed by atoms with Crippen LogP contribution >= 0.6 is 11.8 Å². The predicted octanol–water partition coefficient (Wildman–Crippen LogP) is 4.15. The summed E-state index contributed by atoms with van der Waals surface area (Å²) < 4.78 is 36.5. The maximum Gasteiger partial charge on any atom is 0.339 e. The molecule has 0 atom stereocenters. The van der Waals surface area contributed by atoms with Crippen LogP contribution < -0.4 is 8.92 Å². The molecule has 0 spiro atoms. The van der Waals surface area contributed by atoms with Crippen molar-refractivity contribution < 1.29 is 22.1 Å². The molecule has 0 aromatic heterocycles. The van der Waals surface area contributed by atoms with E-state index in [-0.39, 0.29) is 33.8 Å². The number of carbonyl (C=O) groups is 1. The van der Waals surface area contributed by atoms with Crippen molar-refractivity contribution in [2.75, 3.05) is 6.61 Å². The molecule has 0 saturated carbocycles. The average molecular weight is 519 g/mol. The molecular weight excluding hydrogens is 500 g/mol. The lowest BCUT2D eigenvalue weighted by Gasteiger charge is -2.20. The Morgan fingerprint density at radius 2 is 1.61 bits per heavy atom. The molecule has 1 N–H and O–H groups in total. The number of amides is 1. The number of hydrazone groups is 1. The van der Waals surface area contributed by atoms with E-state index in [1.165, 1.54) is 29.3 Å². The molecule has 11 heteroatoms. The van der Waals surface area contributed by atoms with Gasteiger partial charge in [-0.25, -0.2) is 0 Å². The van der Waals surface area contributed by atoms with Gasteiger partial charge in [0.25, 0.3) is 5.91 Å². The normalized spacial score (nSPS) is 16.4. The summed E-state index contributed by atoms with van der Waals surface area (Å²) in [6.07, 6.45) is 1.37. The molecular formula is C25H18N4O5S2. The topological polar surface area (TPSA) is 121 Å². The number of ether oxygens (including phenoxy) is 1. The zero-order valence-electron chi connectivity index (χ0n) is 18.6. The fraction of sp³-hybridized carbons (Fsp3) is 0.0400. The first-order valence-corrected chi connectivity index (χ1v) is 12.9. The van der Waals surface area contributed by atoms with Crippen molar-refractivity contribution in [3.05, 3.63) is 96.1 Å². The quantitative estimate of drug-likeness (QED) is 0.368. The van der Waals surface area contributed by atoms with Gasteiger partial charge >= 0.3 is 10.1 Å². The van der Waals surface area contributed by atoms with E-state index in [0.29, 0.717) is 16.4 Å². The Bertz CT molecular complexity index is 1530. The number of nitrogens with one attached hydrogen (secondary N) is 1. The number of fused-ring (bicyclic) bond motifs is 1. The number of rotatable bonds is 7. The third-order valence-electron chi connectivity index (χ3n) is 5.05. The van der Waals surface area contributed by atoms with Gasteiger partial charge in [0.15, 0.2) is 5.84 Å². The Morgan fingerprint density at radius 1 is 0.944 bits per heavy atom. The standard InChI is InChI=1S/C25H18N4O5S2/c26-23-20(15-17-9-7-8-14-21(17)34-36(31,32)19-12-5-2-6-13-19)24(30)27-25-29(23)28-22(35-25)16-33-18-10-3-1-4-11-18/h1-15,26H,16H2/b20-15-,26-23?. The van der Waals surface area contributed by atoms with Crippen LogP contribution in [0.25, 0.3) is 6.08 Å². The smallest absolute Gasteiger partial charge is 0.339 e. The summed E-state index contributed by atoms with van der Waals surface area (Å²) in [6.45, 7) is 0.152. The molecule has 0 bridgehead atoms. The fourth-order valence-corrected chi connectivity index (χ4v) is 5.11. The van der Waals surface area contributed by atoms with Gasteiger partial charge < -0.3 is 8.92 Å². The van der Waals surface area contributed by atoms with Crippen LogP contribution in [0.2, 0.25) is 0 Å². The molecule has 0 saturated heterocycles. The van der Waals surface area contributed by atoms with Crippen LogP contribution in [0.4, 0.5) is 0 Å². The van der Waals surface area contributed by atoms with Gasteiger partial charge in [-0.3, -0.25) is 10.2 Å². The Kier molecular flexibility index (Phi) is 6.40. The Hall–Kier alpha value is -4.22. The number of aliphatic imine (C=N–C) groups is 1. The molecule has 180 valence electrons. The highest BCUT2D eigenvalue weighted by molar-refractivity contribution is 8.27. The molecule has 0 fully saturated rings. The predicted molar refractivity (Wildman–Crippen MR) is 138 cm³/mol. The van der Waals surface area contributed by atoms with E-state index in [1.54, 1.807) is 36.4 Å². The maximum absolute atomic E-state index is 12.8. The molecule has 36 heavy (non-hydrogen) atoms. The van der Waals surface area contributed by atoms with Crippen LogP contribution in [0.15, 0.2) is 105 Å². The van der Waals surface area contributed by atoms with E-state index in [4.69, 9.17) is 14.3 Å². The Labute approximate surface area is 211 Å². The van der Waals surface area contributed by atoms with E-state index in [1.807, 2.05) is 30.3 Å². The van der Waals surface area contributed by atoms with Crippen LogP contribution in [0.1, 0.15) is 5.56 Å². The van der Waals surface area contributed by atoms with Gasteiger partial charge in [0, 0.05) is 5.56 Å². The molecule has 2 heterocycles. The zero-order chi connectivity index (χ0) is 25.1. The van der Waals surface area contributed by atoms with Crippen LogP contribution in [0, 0.1) is 5.41 Å². The SMILES string of the molecule is N=C1/C(=C/c2ccccc2OS(=O)(=O)c2ccccc2)C(=O)N=C2SC(COc3ccccc3)=NN12. The third kappa shape index (κ3) is 4.92. The molecule has 0 radical (unpaired) electrons. The van der Waals surface area contributed by atoms with E-state index < -0.39 is 16.0 Å². The van der Waals surface area contributed by atoms with E-state index in [0.717, 1.165) is 11.8 Å². The summed E-state index contributed by atoms with van der Waals surface area (Å²) in [5.41, 5.74) is 0.244. The summed E-state index contributed by atoms with van der Waals surface area (Å²) in [5, 5.41) is 15.0. The number of nitrogens with zero attached hydrogens (tertiary/aromatic N) is 3. The van der Waals surface area contributed by atoms with Gasteiger partial charge in [-0.15, -0.1) is 0 Å². The lowest BCUT2D eigenvalue weighted by atomic mass is 10.1. The number of hydrogen-bond donors (Lipinski definition) is 1. The number of benzene rings is 3. The van der Waals surface area contributed by atoms with E-state index in [9.17, 15) is 13.2 Å². The van der Waals surface area contributed by atoms with Crippen molar-refractivity contribution in [1.29, 1.82) is 5.41 Å². The monoisotopic (exact) mass is 518 g/mol. The number of thioether (sulfide) groups is 1. The third-order valence-corrected chi connectivity index (χ3v) is 7.18. The van der Waals surface area contributed by atoms with Crippen molar-refractivity contribution in [2.24, 2.45) is 10.1 Å². The van der Waals surface area contributed by atoms with Gasteiger partial charge in [-0.1, -0.05) is 54.6 Å². The highest BCUT2D eigenvalue weighted by Gasteiger charge is 2.36. The van der Waals surface area contributed by atoms with Crippen molar-refractivity contribution in [3.8, 4) is 11.5 Å². The maximum atomic E-state index is 12.8. The highest BCUT2D eigenvalue weighted by Crippen LogP contribution is 2.31. The highest BCUT2D eigenvalue weighted by atomic mass is 32.2. The van der Waals surface area contributed by atoms with Crippen molar-refractivity contribution in [3.63, 3.8) is 0 Å². The molecule has 5 rings (SSSR count). The van der Waals surface area contributed by atoms with Gasteiger partial charge in [0.1, 0.15) is 28.0 Å². The lowest BCUT2D eigenvalue weighted by molar-refractivity contribution is -0.114. The molecule has 0 unspecified atom stereocenters. The van der Waals surface area contributed by atoms with Crippen molar-refractivity contribution in [2.45, 2.75) is 4.90 Å². The second kappa shape index (κ2) is 9.80. The second-order valence-electron chi connectivity index (χ2n) is 7.50. The summed E-state index contributed by atoms with van der Waals surface area (Å²) in [7, 11) is -4.10. The molecule has 2 aliphatic rings. The first-order valence-electron chi connectivity index (χ1n) is 10.7. The number of para-hydroxylation sites is 2. The minimum Gasteiger partial charge on any atom is -0.487 e. The largest absolute Gasteiger partial charge is 0.487 e. The first-order chi connectivity index (χ1) is 17.4. The fourth-order valence-electron chi connectivity index (χ4n) is 3.34. The van der Waals surface area contributed by atoms with E-state index >= 15 is 0 Å². The molecule has 9 nitrogen and oxygen atoms in total. The molecule has 3 aromatic rings. The lowest BCUT2D eigenvalue weighted by Crippen LogP contribution is -2.35. The number of hydrogen-bond acceptors (Lipinski definition) is 8. The van der Waals surface area contributed by atoms with Crippen LogP contribution in [0.3, 0.4) is 0 Å². The Morgan fingerprint density at radius 3 is 2.36 bits per heavy atom.